The molecule has 1 aliphatic rings. The topological polar surface area (TPSA) is 116 Å². The average molecular weight is 552 g/mol. The molecule has 2 aromatic carbocycles. The van der Waals surface area contributed by atoms with Gasteiger partial charge in [0, 0.05) is 25.9 Å². The number of aromatic hydroxyl groups is 1. The lowest BCUT2D eigenvalue weighted by molar-refractivity contribution is -0.121. The third-order valence-corrected chi connectivity index (χ3v) is 7.38. The first-order valence-corrected chi connectivity index (χ1v) is 11.9. The van der Waals surface area contributed by atoms with Crippen LogP contribution in [0.4, 0.5) is 15.8 Å². The van der Waals surface area contributed by atoms with E-state index in [2.05, 4.69) is 20.8 Å². The number of carbonyl (C=O) groups excluding carboxylic acids is 1. The lowest BCUT2D eigenvalue weighted by Gasteiger charge is -2.28. The number of phenolic OH excluding ortho intramolecular Hbond substituents is 1. The first kappa shape index (κ1) is 23.8. The molecular formula is C18H17BrClFN4O4S2. The molecule has 3 rings (SSSR count). The van der Waals surface area contributed by atoms with E-state index in [0.717, 1.165) is 4.90 Å². The summed E-state index contributed by atoms with van der Waals surface area (Å²) in [6, 6.07) is 6.66. The molecular weight excluding hydrogens is 535 g/mol. The van der Waals surface area contributed by atoms with Gasteiger partial charge in [0.2, 0.25) is 0 Å². The van der Waals surface area contributed by atoms with Gasteiger partial charge in [0.25, 0.3) is 10.0 Å². The lowest BCUT2D eigenvalue weighted by atomic mass is 10.1. The van der Waals surface area contributed by atoms with E-state index in [4.69, 9.17) is 29.6 Å². The van der Waals surface area contributed by atoms with Gasteiger partial charge >= 0.3 is 0 Å². The van der Waals surface area contributed by atoms with Gasteiger partial charge in [0.15, 0.2) is 10.9 Å². The fourth-order valence-corrected chi connectivity index (χ4v) is 5.46. The number of halogens is 3. The van der Waals surface area contributed by atoms with E-state index >= 15 is 0 Å². The first-order chi connectivity index (χ1) is 14.5. The zero-order valence-corrected chi connectivity index (χ0v) is 19.8. The number of anilines is 2. The molecule has 166 valence electrons. The summed E-state index contributed by atoms with van der Waals surface area (Å²) in [5, 5.41) is 11.7. The molecule has 4 N–H and O–H groups in total. The fraction of sp³-hybridized carbons (Fsp3) is 0.222. The number of rotatable bonds is 5. The highest BCUT2D eigenvalue weighted by Gasteiger charge is 2.31. The van der Waals surface area contributed by atoms with Crippen molar-refractivity contribution in [1.82, 2.24) is 9.84 Å². The quantitative estimate of drug-likeness (QED) is 0.485. The van der Waals surface area contributed by atoms with Crippen molar-refractivity contribution in [3.63, 3.8) is 0 Å². The van der Waals surface area contributed by atoms with E-state index in [1.807, 2.05) is 0 Å². The average Bonchev–Trinajstić information content (AvgIpc) is 2.68. The summed E-state index contributed by atoms with van der Waals surface area (Å²) < 4.78 is 40.1. The number of nitrogens with two attached hydrogens (primary N) is 1. The molecule has 13 heteroatoms. The van der Waals surface area contributed by atoms with Gasteiger partial charge in [-0.2, -0.15) is 0 Å². The van der Waals surface area contributed by atoms with Crippen LogP contribution in [0.1, 0.15) is 12.8 Å². The van der Waals surface area contributed by atoms with Crippen molar-refractivity contribution in [3.8, 4) is 5.75 Å². The number of ketones is 1. The predicted octanol–water partition coefficient (Wildman–Crippen LogP) is 3.19. The van der Waals surface area contributed by atoms with Crippen LogP contribution in [-0.2, 0) is 14.8 Å². The molecule has 0 aliphatic carbocycles. The Morgan fingerprint density at radius 2 is 1.90 bits per heavy atom. The van der Waals surface area contributed by atoms with E-state index in [9.17, 15) is 22.7 Å². The van der Waals surface area contributed by atoms with E-state index in [-0.39, 0.29) is 57.7 Å². The highest BCUT2D eigenvalue weighted by Crippen LogP contribution is 2.43. The van der Waals surface area contributed by atoms with Crippen molar-refractivity contribution in [2.75, 3.05) is 18.0 Å². The maximum atomic E-state index is 14.1. The number of hydrazine groups is 1. The number of nitrogens with zero attached hydrogens (tertiary/aromatic N) is 2. The lowest BCUT2D eigenvalue weighted by Crippen LogP contribution is -2.46. The molecule has 0 saturated carbocycles. The van der Waals surface area contributed by atoms with E-state index in [0.29, 0.717) is 0 Å². The van der Waals surface area contributed by atoms with Gasteiger partial charge in [-0.1, -0.05) is 17.7 Å². The highest BCUT2D eigenvalue weighted by atomic mass is 79.9. The molecule has 0 atom stereocenters. The third-order valence-electron chi connectivity index (χ3n) is 4.53. The minimum atomic E-state index is -4.33. The van der Waals surface area contributed by atoms with Crippen LogP contribution >= 0.6 is 39.7 Å². The van der Waals surface area contributed by atoms with Crippen molar-refractivity contribution >= 4 is 72.0 Å². The Balaban J connectivity index is 2.08. The summed E-state index contributed by atoms with van der Waals surface area (Å²) in [6.45, 7) is 0.372. The zero-order valence-electron chi connectivity index (χ0n) is 15.8. The third kappa shape index (κ3) is 4.99. The molecule has 31 heavy (non-hydrogen) atoms. The number of nitrogens with one attached hydrogen (secondary N) is 1. The van der Waals surface area contributed by atoms with Crippen LogP contribution in [0.3, 0.4) is 0 Å². The molecule has 0 radical (unpaired) electrons. The predicted molar refractivity (Wildman–Crippen MR) is 122 cm³/mol. The van der Waals surface area contributed by atoms with Gasteiger partial charge in [0.05, 0.1) is 20.9 Å². The number of carbonyl (C=O) groups is 1. The van der Waals surface area contributed by atoms with E-state index in [1.165, 1.54) is 35.3 Å². The number of benzene rings is 2. The van der Waals surface area contributed by atoms with Crippen LogP contribution < -0.4 is 15.5 Å². The summed E-state index contributed by atoms with van der Waals surface area (Å²) in [5.41, 5.74) is 5.85. The molecule has 0 spiro atoms. The highest BCUT2D eigenvalue weighted by molar-refractivity contribution is 9.10. The number of piperidine rings is 1. The standard InChI is InChI=1S/C18H17BrClFN4O4S2/c19-15-12(21)2-1-3-13(15)25(18(22)30)14-5-4-11(20)17(16(14)27)31(28,29)23-24-8-6-10(26)7-9-24/h1-5,23,27H,6-9H2,(H2,22,30). The number of hydrogen-bond donors (Lipinski definition) is 3. The Bertz CT molecular complexity index is 1160. The number of thiocarbonyl (C=S) groups is 1. The second kappa shape index (κ2) is 9.35. The van der Waals surface area contributed by atoms with Crippen LogP contribution in [0.25, 0.3) is 0 Å². The van der Waals surface area contributed by atoms with Crippen molar-refractivity contribution in [2.45, 2.75) is 17.7 Å². The van der Waals surface area contributed by atoms with Gasteiger partial charge in [-0.15, -0.1) is 4.83 Å². The molecule has 1 aliphatic heterocycles. The van der Waals surface area contributed by atoms with Crippen molar-refractivity contribution in [2.24, 2.45) is 5.73 Å². The smallest absolute Gasteiger partial charge is 0.258 e. The molecule has 0 bridgehead atoms. The number of sulfonamides is 1. The van der Waals surface area contributed by atoms with E-state index < -0.39 is 26.5 Å². The summed E-state index contributed by atoms with van der Waals surface area (Å²) in [7, 11) is -4.33. The maximum absolute atomic E-state index is 14.1. The molecule has 8 nitrogen and oxygen atoms in total. The van der Waals surface area contributed by atoms with Crippen LogP contribution in [0, 0.1) is 5.82 Å². The molecule has 2 aromatic rings. The molecule has 1 saturated heterocycles. The van der Waals surface area contributed by atoms with Gasteiger partial charge < -0.3 is 10.8 Å². The van der Waals surface area contributed by atoms with Crippen molar-refractivity contribution in [1.29, 1.82) is 0 Å². The summed E-state index contributed by atoms with van der Waals surface area (Å²) in [4.78, 5) is 14.2. The van der Waals surface area contributed by atoms with Gasteiger partial charge in [-0.25, -0.2) is 17.8 Å². The summed E-state index contributed by atoms with van der Waals surface area (Å²) in [5.74, 6) is -1.30. The summed E-state index contributed by atoms with van der Waals surface area (Å²) >= 11 is 14.3. The Kier molecular flexibility index (Phi) is 7.18. The van der Waals surface area contributed by atoms with Gasteiger partial charge in [-0.3, -0.25) is 9.69 Å². The fourth-order valence-electron chi connectivity index (χ4n) is 3.07. The Labute approximate surface area is 196 Å². The minimum absolute atomic E-state index is 0.0117. The molecule has 0 amide bonds. The van der Waals surface area contributed by atoms with E-state index in [1.54, 1.807) is 0 Å². The SMILES string of the molecule is NC(=S)N(c1ccc(Cl)c(S(=O)(=O)NN2CCC(=O)CC2)c1O)c1cccc(F)c1Br. The number of Topliss-reactive ketones (excluding diaryl/α,β-unsaturated/α-hetero) is 1. The second-order valence-corrected chi connectivity index (χ2v) is 9.83. The maximum Gasteiger partial charge on any atom is 0.258 e. The number of hydrogen-bond acceptors (Lipinski definition) is 6. The second-order valence-electron chi connectivity index (χ2n) is 6.61. The Morgan fingerprint density at radius 3 is 2.52 bits per heavy atom. The largest absolute Gasteiger partial charge is 0.504 e. The Hall–Kier alpha value is -1.83. The molecule has 1 heterocycles. The first-order valence-electron chi connectivity index (χ1n) is 8.87. The monoisotopic (exact) mass is 550 g/mol. The number of phenols is 1. The van der Waals surface area contributed by atoms with Crippen LogP contribution in [-0.4, -0.2) is 42.5 Å². The molecule has 1 fully saturated rings. The molecule has 0 unspecified atom stereocenters. The van der Waals surface area contributed by atoms with Crippen LogP contribution in [0.15, 0.2) is 39.7 Å². The zero-order chi connectivity index (χ0) is 22.9. The van der Waals surface area contributed by atoms with Crippen LogP contribution in [0.5, 0.6) is 5.75 Å². The van der Waals surface area contributed by atoms with Crippen molar-refractivity contribution < 1.29 is 22.7 Å². The van der Waals surface area contributed by atoms with Crippen molar-refractivity contribution in [3.05, 3.63) is 45.6 Å². The van der Waals surface area contributed by atoms with Gasteiger partial charge in [-0.05, 0) is 52.4 Å². The normalized spacial score (nSPS) is 15.1. The van der Waals surface area contributed by atoms with Gasteiger partial charge in [0.1, 0.15) is 16.5 Å². The summed E-state index contributed by atoms with van der Waals surface area (Å²) in [6.07, 6.45) is 0.399. The Morgan fingerprint density at radius 1 is 1.26 bits per heavy atom. The minimum Gasteiger partial charge on any atom is -0.504 e. The molecule has 0 aromatic heterocycles. The van der Waals surface area contributed by atoms with Crippen LogP contribution in [0.2, 0.25) is 5.02 Å².